The minimum atomic E-state index is -3.66. The molecule has 0 bridgehead atoms. The first-order valence-electron chi connectivity index (χ1n) is 5.51. The molecule has 3 N–H and O–H groups in total. The van der Waals surface area contributed by atoms with Crippen LogP contribution in [0.5, 0.6) is 0 Å². The summed E-state index contributed by atoms with van der Waals surface area (Å²) in [7, 11) is -3.66. The smallest absolute Gasteiger partial charge is 0.240 e. The summed E-state index contributed by atoms with van der Waals surface area (Å²) in [6.07, 6.45) is 1.71. The minimum Gasteiger partial charge on any atom is -0.368 e. The molecule has 0 heterocycles. The number of halogens is 1. The number of rotatable bonds is 7. The predicted octanol–water partition coefficient (Wildman–Crippen LogP) is 0.848. The summed E-state index contributed by atoms with van der Waals surface area (Å²) < 4.78 is 38.4. The summed E-state index contributed by atoms with van der Waals surface area (Å²) in [5, 5.41) is 0. The number of amides is 1. The summed E-state index contributed by atoms with van der Waals surface area (Å²) in [6.45, 7) is 3.42. The van der Waals surface area contributed by atoms with E-state index >= 15 is 0 Å². The zero-order chi connectivity index (χ0) is 14.5. The van der Waals surface area contributed by atoms with Crippen molar-refractivity contribution in [2.45, 2.75) is 12.5 Å². The van der Waals surface area contributed by atoms with Crippen LogP contribution in [0.15, 0.2) is 36.9 Å². The second-order valence-electron chi connectivity index (χ2n) is 3.90. The van der Waals surface area contributed by atoms with Crippen LogP contribution in [0.1, 0.15) is 18.0 Å². The van der Waals surface area contributed by atoms with Gasteiger partial charge in [0.05, 0.1) is 5.75 Å². The molecule has 0 spiro atoms. The molecule has 19 heavy (non-hydrogen) atoms. The van der Waals surface area contributed by atoms with E-state index in [2.05, 4.69) is 11.3 Å². The van der Waals surface area contributed by atoms with Crippen molar-refractivity contribution in [1.82, 2.24) is 4.72 Å². The van der Waals surface area contributed by atoms with Gasteiger partial charge in [-0.05, 0) is 24.1 Å². The predicted molar refractivity (Wildman–Crippen MR) is 70.1 cm³/mol. The molecule has 0 saturated heterocycles. The number of benzene rings is 1. The van der Waals surface area contributed by atoms with Gasteiger partial charge >= 0.3 is 0 Å². The van der Waals surface area contributed by atoms with E-state index in [1.54, 1.807) is 0 Å². The third kappa shape index (κ3) is 4.80. The van der Waals surface area contributed by atoms with Gasteiger partial charge in [-0.25, -0.2) is 12.8 Å². The molecule has 1 aromatic carbocycles. The zero-order valence-electron chi connectivity index (χ0n) is 10.2. The van der Waals surface area contributed by atoms with Crippen molar-refractivity contribution >= 4 is 15.9 Å². The first-order valence-corrected chi connectivity index (χ1v) is 7.16. The Morgan fingerprint density at radius 2 is 2.00 bits per heavy atom. The highest BCUT2D eigenvalue weighted by atomic mass is 32.2. The maximum atomic E-state index is 12.8. The molecule has 0 saturated carbocycles. The van der Waals surface area contributed by atoms with E-state index in [1.807, 2.05) is 0 Å². The average molecular weight is 286 g/mol. The molecule has 1 aromatic rings. The van der Waals surface area contributed by atoms with Gasteiger partial charge in [0.2, 0.25) is 15.9 Å². The Morgan fingerprint density at radius 3 is 2.47 bits per heavy atom. The summed E-state index contributed by atoms with van der Waals surface area (Å²) in [4.78, 5) is 11.3. The molecule has 1 unspecified atom stereocenters. The Hall–Kier alpha value is -1.73. The van der Waals surface area contributed by atoms with Crippen LogP contribution in [0.2, 0.25) is 0 Å². The number of allylic oxidation sites excluding steroid dienone is 1. The molecule has 0 aliphatic carbocycles. The number of carbonyl (C=O) groups is 1. The Bertz CT molecular complexity index is 555. The van der Waals surface area contributed by atoms with Gasteiger partial charge < -0.3 is 5.73 Å². The fourth-order valence-corrected chi connectivity index (χ4v) is 2.63. The molecule has 0 aromatic heterocycles. The maximum absolute atomic E-state index is 12.8. The van der Waals surface area contributed by atoms with Crippen LogP contribution in [0.25, 0.3) is 0 Å². The van der Waals surface area contributed by atoms with Crippen LogP contribution in [-0.4, -0.2) is 20.1 Å². The molecule has 1 amide bonds. The van der Waals surface area contributed by atoms with Gasteiger partial charge in [-0.1, -0.05) is 18.2 Å². The second-order valence-corrected chi connectivity index (χ2v) is 5.77. The number of hydrogen-bond donors (Lipinski definition) is 2. The Morgan fingerprint density at radius 1 is 1.42 bits per heavy atom. The van der Waals surface area contributed by atoms with Crippen LogP contribution >= 0.6 is 0 Å². The van der Waals surface area contributed by atoms with E-state index in [4.69, 9.17) is 5.73 Å². The third-order valence-electron chi connectivity index (χ3n) is 2.38. The van der Waals surface area contributed by atoms with E-state index < -0.39 is 27.8 Å². The van der Waals surface area contributed by atoms with Gasteiger partial charge in [-0.2, -0.15) is 4.72 Å². The second kappa shape index (κ2) is 6.44. The van der Waals surface area contributed by atoms with E-state index in [-0.39, 0.29) is 17.7 Å². The van der Waals surface area contributed by atoms with E-state index in [1.165, 1.54) is 18.2 Å². The molecule has 104 valence electrons. The van der Waals surface area contributed by atoms with Gasteiger partial charge in [0.1, 0.15) is 11.9 Å². The van der Waals surface area contributed by atoms with Gasteiger partial charge in [0.25, 0.3) is 0 Å². The van der Waals surface area contributed by atoms with Crippen LogP contribution < -0.4 is 10.5 Å². The van der Waals surface area contributed by atoms with Crippen molar-refractivity contribution in [3.8, 4) is 0 Å². The lowest BCUT2D eigenvalue weighted by Crippen LogP contribution is -2.38. The number of sulfonamides is 1. The fraction of sp³-hybridized carbons (Fsp3) is 0.250. The first-order chi connectivity index (χ1) is 8.85. The molecule has 1 atom stereocenters. The molecule has 0 aliphatic heterocycles. The zero-order valence-corrected chi connectivity index (χ0v) is 11.0. The normalized spacial score (nSPS) is 12.9. The largest absolute Gasteiger partial charge is 0.368 e. The highest BCUT2D eigenvalue weighted by molar-refractivity contribution is 7.89. The maximum Gasteiger partial charge on any atom is 0.240 e. The highest BCUT2D eigenvalue weighted by Gasteiger charge is 2.23. The average Bonchev–Trinajstić information content (AvgIpc) is 2.35. The lowest BCUT2D eigenvalue weighted by Gasteiger charge is -2.15. The Labute approximate surface area is 111 Å². The van der Waals surface area contributed by atoms with Crippen LogP contribution in [0, 0.1) is 5.82 Å². The molecular weight excluding hydrogens is 271 g/mol. The lowest BCUT2D eigenvalue weighted by atomic mass is 10.1. The van der Waals surface area contributed by atoms with Crippen molar-refractivity contribution in [2.24, 2.45) is 5.73 Å². The van der Waals surface area contributed by atoms with Gasteiger partial charge in [0.15, 0.2) is 0 Å². The van der Waals surface area contributed by atoms with Crippen molar-refractivity contribution in [3.05, 3.63) is 48.3 Å². The standard InChI is InChI=1S/C12H15FN2O3S/c1-2-3-8-19(17,18)15-11(12(14)16)9-4-6-10(13)7-5-9/h2,4-7,11,15H,1,3,8H2,(H2,14,16). The number of carbonyl (C=O) groups excluding carboxylic acids is 1. The van der Waals surface area contributed by atoms with Crippen LogP contribution in [0.4, 0.5) is 4.39 Å². The number of hydrogen-bond acceptors (Lipinski definition) is 3. The lowest BCUT2D eigenvalue weighted by molar-refractivity contribution is -0.119. The molecule has 7 heteroatoms. The van der Waals surface area contributed by atoms with Gasteiger partial charge in [0, 0.05) is 0 Å². The van der Waals surface area contributed by atoms with Crippen molar-refractivity contribution in [2.75, 3.05) is 5.75 Å². The number of nitrogens with one attached hydrogen (secondary N) is 1. The Balaban J connectivity index is 2.93. The SMILES string of the molecule is C=CCCS(=O)(=O)NC(C(N)=O)c1ccc(F)cc1. The quantitative estimate of drug-likeness (QED) is 0.728. The summed E-state index contributed by atoms with van der Waals surface area (Å²) in [5.74, 6) is -1.53. The topological polar surface area (TPSA) is 89.3 Å². The minimum absolute atomic E-state index is 0.193. The van der Waals surface area contributed by atoms with E-state index in [9.17, 15) is 17.6 Å². The van der Waals surface area contributed by atoms with Crippen LogP contribution in [0.3, 0.4) is 0 Å². The summed E-state index contributed by atoms with van der Waals surface area (Å²) >= 11 is 0. The number of nitrogens with two attached hydrogens (primary N) is 1. The number of primary amides is 1. The molecule has 0 fully saturated rings. The van der Waals surface area contributed by atoms with Gasteiger partial charge in [-0.3, -0.25) is 4.79 Å². The van der Waals surface area contributed by atoms with E-state index in [0.29, 0.717) is 0 Å². The van der Waals surface area contributed by atoms with Crippen molar-refractivity contribution < 1.29 is 17.6 Å². The van der Waals surface area contributed by atoms with Crippen LogP contribution in [-0.2, 0) is 14.8 Å². The van der Waals surface area contributed by atoms with Crippen molar-refractivity contribution in [1.29, 1.82) is 0 Å². The molecule has 0 aliphatic rings. The first kappa shape index (κ1) is 15.3. The van der Waals surface area contributed by atoms with Gasteiger partial charge in [-0.15, -0.1) is 6.58 Å². The fourth-order valence-electron chi connectivity index (χ4n) is 1.42. The molecule has 1 rings (SSSR count). The molecule has 0 radical (unpaired) electrons. The van der Waals surface area contributed by atoms with Crippen molar-refractivity contribution in [3.63, 3.8) is 0 Å². The van der Waals surface area contributed by atoms with E-state index in [0.717, 1.165) is 12.1 Å². The monoisotopic (exact) mass is 286 g/mol. The Kier molecular flexibility index (Phi) is 5.20. The summed E-state index contributed by atoms with van der Waals surface area (Å²) in [5.41, 5.74) is 5.45. The molecule has 5 nitrogen and oxygen atoms in total. The third-order valence-corrected chi connectivity index (χ3v) is 3.74. The highest BCUT2D eigenvalue weighted by Crippen LogP contribution is 2.14. The molecular formula is C12H15FN2O3S. The summed E-state index contributed by atoms with van der Waals surface area (Å²) in [6, 6.07) is 3.66.